The average Bonchev–Trinajstić information content (AvgIpc) is 2.38. The van der Waals surface area contributed by atoms with Gasteiger partial charge < -0.3 is 9.52 Å². The summed E-state index contributed by atoms with van der Waals surface area (Å²) in [4.78, 5) is 22.6. The number of hydrogen-bond acceptors (Lipinski definition) is 4. The fourth-order valence-electron chi connectivity index (χ4n) is 1.88. The molecule has 4 nitrogen and oxygen atoms in total. The van der Waals surface area contributed by atoms with Gasteiger partial charge in [0.05, 0.1) is 0 Å². The van der Waals surface area contributed by atoms with Crippen LogP contribution in [0.15, 0.2) is 37.9 Å². The van der Waals surface area contributed by atoms with Crippen molar-refractivity contribution < 1.29 is 14.3 Å². The lowest BCUT2D eigenvalue weighted by Gasteiger charge is -2.10. The molecule has 1 unspecified atom stereocenters. The predicted molar refractivity (Wildman–Crippen MR) is 83.2 cm³/mol. The molecule has 1 heterocycles. The molecule has 2 aromatic rings. The van der Waals surface area contributed by atoms with E-state index in [9.17, 15) is 9.59 Å². The van der Waals surface area contributed by atoms with Crippen molar-refractivity contribution in [2.45, 2.75) is 24.3 Å². The fourth-order valence-corrected chi connectivity index (χ4v) is 3.22. The lowest BCUT2D eigenvalue weighted by Crippen LogP contribution is -2.15. The molecule has 0 bridgehead atoms. The quantitative estimate of drug-likeness (QED) is 0.828. The van der Waals surface area contributed by atoms with E-state index in [0.717, 1.165) is 15.4 Å². The predicted octanol–water partition coefficient (Wildman–Crippen LogP) is 3.65. The largest absolute Gasteiger partial charge is 0.480 e. The van der Waals surface area contributed by atoms with Crippen LogP contribution < -0.4 is 5.63 Å². The van der Waals surface area contributed by atoms with Crippen LogP contribution in [0.2, 0.25) is 0 Å². The lowest BCUT2D eigenvalue weighted by atomic mass is 10.1. The van der Waals surface area contributed by atoms with Crippen LogP contribution in [-0.4, -0.2) is 16.3 Å². The van der Waals surface area contributed by atoms with Crippen LogP contribution in [0.1, 0.15) is 18.9 Å². The van der Waals surface area contributed by atoms with E-state index in [1.807, 2.05) is 19.1 Å². The average molecular weight is 357 g/mol. The van der Waals surface area contributed by atoms with Gasteiger partial charge >= 0.3 is 11.6 Å². The second kappa shape index (κ2) is 6.45. The Morgan fingerprint density at radius 3 is 2.85 bits per heavy atom. The van der Waals surface area contributed by atoms with Gasteiger partial charge in [0.25, 0.3) is 0 Å². The zero-order valence-electron chi connectivity index (χ0n) is 10.8. The number of carboxylic acid groups (broad SMARTS) is 1. The molecule has 0 spiro atoms. The Hall–Kier alpha value is -1.27. The Balaban J connectivity index is 2.34. The second-order valence-corrected chi connectivity index (χ2v) is 6.38. The Bertz CT molecular complexity index is 695. The van der Waals surface area contributed by atoms with Crippen molar-refractivity contribution >= 4 is 44.6 Å². The fraction of sp³-hybridized carbons (Fsp3) is 0.286. The highest BCUT2D eigenvalue weighted by Gasteiger charge is 2.16. The summed E-state index contributed by atoms with van der Waals surface area (Å²) < 4.78 is 5.98. The van der Waals surface area contributed by atoms with Gasteiger partial charge in [-0.2, -0.15) is 0 Å². The van der Waals surface area contributed by atoms with Gasteiger partial charge in [-0.25, -0.2) is 4.79 Å². The van der Waals surface area contributed by atoms with Crippen LogP contribution in [0.4, 0.5) is 0 Å². The van der Waals surface area contributed by atoms with Crippen molar-refractivity contribution in [1.29, 1.82) is 0 Å². The highest BCUT2D eigenvalue weighted by Crippen LogP contribution is 2.26. The first-order valence-corrected chi connectivity index (χ1v) is 7.92. The molecule has 6 heteroatoms. The maximum Gasteiger partial charge on any atom is 0.336 e. The molecule has 0 saturated heterocycles. The molecule has 0 fully saturated rings. The highest BCUT2D eigenvalue weighted by atomic mass is 79.9. The van der Waals surface area contributed by atoms with Gasteiger partial charge in [-0.3, -0.25) is 4.79 Å². The molecule has 0 aliphatic heterocycles. The molecule has 0 aliphatic rings. The smallest absolute Gasteiger partial charge is 0.336 e. The zero-order valence-corrected chi connectivity index (χ0v) is 13.2. The molecule has 2 rings (SSSR count). The van der Waals surface area contributed by atoms with Crippen LogP contribution in [0.3, 0.4) is 0 Å². The number of aliphatic carboxylic acids is 1. The third-order valence-corrected chi connectivity index (χ3v) is 4.79. The van der Waals surface area contributed by atoms with Crippen LogP contribution >= 0.6 is 27.7 Å². The number of thioether (sulfide) groups is 1. The number of halogens is 1. The van der Waals surface area contributed by atoms with Crippen molar-refractivity contribution in [2.24, 2.45) is 0 Å². The Morgan fingerprint density at radius 1 is 1.45 bits per heavy atom. The molecular weight excluding hydrogens is 344 g/mol. The first-order chi connectivity index (χ1) is 9.51. The molecular formula is C14H13BrO4S. The minimum atomic E-state index is -0.826. The molecule has 1 aromatic carbocycles. The molecule has 1 N–H and O–H groups in total. The Morgan fingerprint density at radius 2 is 2.20 bits per heavy atom. The van der Waals surface area contributed by atoms with Gasteiger partial charge in [0.2, 0.25) is 0 Å². The van der Waals surface area contributed by atoms with E-state index in [0.29, 0.717) is 17.8 Å². The normalized spacial score (nSPS) is 12.5. The molecule has 20 heavy (non-hydrogen) atoms. The monoisotopic (exact) mass is 356 g/mol. The molecule has 106 valence electrons. The number of benzene rings is 1. The summed E-state index contributed by atoms with van der Waals surface area (Å²) in [6.07, 6.45) is 0.547. The van der Waals surface area contributed by atoms with E-state index >= 15 is 0 Å². The summed E-state index contributed by atoms with van der Waals surface area (Å²) in [5.74, 6) is -0.360. The van der Waals surface area contributed by atoms with Crippen molar-refractivity contribution in [3.8, 4) is 0 Å². The van der Waals surface area contributed by atoms with Crippen molar-refractivity contribution in [3.63, 3.8) is 0 Å². The van der Waals surface area contributed by atoms with Gasteiger partial charge in [-0.1, -0.05) is 22.9 Å². The SMILES string of the molecule is CCC(SCc1cc(=O)oc2cc(Br)ccc12)C(=O)O. The maximum absolute atomic E-state index is 11.6. The van der Waals surface area contributed by atoms with Gasteiger partial charge in [0.15, 0.2) is 0 Å². The van der Waals surface area contributed by atoms with E-state index in [4.69, 9.17) is 9.52 Å². The summed E-state index contributed by atoms with van der Waals surface area (Å²) in [5, 5.41) is 9.42. The van der Waals surface area contributed by atoms with Crippen LogP contribution in [0, 0.1) is 0 Å². The molecule has 1 atom stereocenters. The highest BCUT2D eigenvalue weighted by molar-refractivity contribution is 9.10. The van der Waals surface area contributed by atoms with Gasteiger partial charge in [0, 0.05) is 21.7 Å². The maximum atomic E-state index is 11.6. The number of fused-ring (bicyclic) bond motifs is 1. The first-order valence-electron chi connectivity index (χ1n) is 6.08. The first kappa shape index (κ1) is 15.1. The van der Waals surface area contributed by atoms with Crippen LogP contribution in [-0.2, 0) is 10.5 Å². The second-order valence-electron chi connectivity index (χ2n) is 4.28. The number of hydrogen-bond donors (Lipinski definition) is 1. The third-order valence-electron chi connectivity index (χ3n) is 2.88. The minimum Gasteiger partial charge on any atom is -0.480 e. The molecule has 0 aliphatic carbocycles. The van der Waals surface area contributed by atoms with Gasteiger partial charge in [-0.15, -0.1) is 11.8 Å². The number of rotatable bonds is 5. The topological polar surface area (TPSA) is 67.5 Å². The zero-order chi connectivity index (χ0) is 14.7. The summed E-state index contributed by atoms with van der Waals surface area (Å²) in [6, 6.07) is 6.89. The van der Waals surface area contributed by atoms with Crippen molar-refractivity contribution in [3.05, 3.63) is 44.7 Å². The van der Waals surface area contributed by atoms with Gasteiger partial charge in [0.1, 0.15) is 10.8 Å². The summed E-state index contributed by atoms with van der Waals surface area (Å²) in [7, 11) is 0. The number of carbonyl (C=O) groups is 1. The van der Waals surface area contributed by atoms with Gasteiger partial charge in [-0.05, 0) is 30.2 Å². The Kier molecular flexibility index (Phi) is 4.88. The standard InChI is InChI=1S/C14H13BrO4S/c1-2-12(14(17)18)20-7-8-5-13(16)19-11-6-9(15)3-4-10(8)11/h3-6,12H,2,7H2,1H3,(H,17,18). The van der Waals surface area contributed by atoms with Crippen LogP contribution in [0.5, 0.6) is 0 Å². The minimum absolute atomic E-state index is 0.422. The van der Waals surface area contributed by atoms with E-state index < -0.39 is 16.8 Å². The van der Waals surface area contributed by atoms with Crippen LogP contribution in [0.25, 0.3) is 11.0 Å². The number of carboxylic acids is 1. The van der Waals surface area contributed by atoms with E-state index in [1.54, 1.807) is 6.07 Å². The summed E-state index contributed by atoms with van der Waals surface area (Å²) >= 11 is 4.65. The van der Waals surface area contributed by atoms with E-state index in [1.165, 1.54) is 17.8 Å². The summed E-state index contributed by atoms with van der Waals surface area (Å²) in [5.41, 5.74) is 0.883. The molecule has 0 radical (unpaired) electrons. The molecule has 0 amide bonds. The summed E-state index contributed by atoms with van der Waals surface area (Å²) in [6.45, 7) is 1.83. The van der Waals surface area contributed by atoms with E-state index in [-0.39, 0.29) is 0 Å². The van der Waals surface area contributed by atoms with E-state index in [2.05, 4.69) is 15.9 Å². The van der Waals surface area contributed by atoms with Crippen molar-refractivity contribution in [2.75, 3.05) is 0 Å². The third kappa shape index (κ3) is 3.43. The molecule has 1 aromatic heterocycles. The molecule has 0 saturated carbocycles. The Labute approximate surface area is 128 Å². The lowest BCUT2D eigenvalue weighted by molar-refractivity contribution is -0.136. The van der Waals surface area contributed by atoms with Crippen molar-refractivity contribution in [1.82, 2.24) is 0 Å².